The lowest BCUT2D eigenvalue weighted by atomic mass is 10.0. The predicted octanol–water partition coefficient (Wildman–Crippen LogP) is 18.9. The summed E-state index contributed by atoms with van der Waals surface area (Å²) in [6.45, 7) is 4.96. The Kier molecular flexibility index (Phi) is 56.0. The van der Waals surface area contributed by atoms with E-state index in [2.05, 4.69) is 31.3 Å². The Morgan fingerprint density at radius 1 is 0.403 bits per heavy atom. The molecule has 0 radical (unpaired) electrons. The quantitative estimate of drug-likeness (QED) is 0.0321. The lowest BCUT2D eigenvalue weighted by Gasteiger charge is -2.22. The van der Waals surface area contributed by atoms with Gasteiger partial charge in [0.25, 0.3) is 0 Å². The van der Waals surface area contributed by atoms with Crippen molar-refractivity contribution >= 4 is 11.9 Å². The molecule has 0 aliphatic carbocycles. The number of hydrogen-bond donors (Lipinski definition) is 3. The molecular formula is C61H119NO5. The molecule has 0 aliphatic heterocycles. The first-order valence-corrected chi connectivity index (χ1v) is 30.4. The summed E-state index contributed by atoms with van der Waals surface area (Å²) in [6, 6.07) is -0.543. The van der Waals surface area contributed by atoms with E-state index in [0.717, 1.165) is 44.9 Å². The molecule has 398 valence electrons. The Hall–Kier alpha value is -1.40. The second-order valence-electron chi connectivity index (χ2n) is 21.0. The summed E-state index contributed by atoms with van der Waals surface area (Å²) in [6.07, 6.45) is 67.8. The summed E-state index contributed by atoms with van der Waals surface area (Å²) < 4.78 is 5.48. The summed E-state index contributed by atoms with van der Waals surface area (Å²) >= 11 is 0. The number of rotatable bonds is 57. The fraction of sp³-hybridized carbons (Fsp3) is 0.934. The number of nitrogens with one attached hydrogen (secondary N) is 1. The van der Waals surface area contributed by atoms with Crippen molar-refractivity contribution < 1.29 is 24.5 Å². The number of esters is 1. The maximum atomic E-state index is 12.5. The molecule has 0 aliphatic rings. The van der Waals surface area contributed by atoms with Gasteiger partial charge >= 0.3 is 5.97 Å². The smallest absolute Gasteiger partial charge is 0.305 e. The lowest BCUT2D eigenvalue weighted by Crippen LogP contribution is -2.45. The van der Waals surface area contributed by atoms with Crippen molar-refractivity contribution in [1.29, 1.82) is 0 Å². The van der Waals surface area contributed by atoms with Gasteiger partial charge in [-0.3, -0.25) is 9.59 Å². The molecule has 1 amide bonds. The standard InChI is InChI=1S/C61H119NO5/c1-3-5-7-9-11-13-15-17-19-27-31-35-39-43-47-51-55-61(66)67-56-52-48-44-40-36-32-28-24-22-20-21-23-26-30-34-38-42-46-50-54-60(65)62-58(57-63)59(64)53-49-45-41-37-33-29-25-18-16-14-12-10-8-6-4-2/h19,27,58-59,63-64H,3-18,20-26,28-57H2,1-2H3,(H,62,65)/b27-19-. The second kappa shape index (κ2) is 57.2. The highest BCUT2D eigenvalue weighted by Crippen LogP contribution is 2.18. The predicted molar refractivity (Wildman–Crippen MR) is 292 cm³/mol. The van der Waals surface area contributed by atoms with Crippen LogP contribution in [0.4, 0.5) is 0 Å². The molecule has 0 bridgehead atoms. The topological polar surface area (TPSA) is 95.9 Å². The van der Waals surface area contributed by atoms with Crippen LogP contribution < -0.4 is 5.32 Å². The molecule has 0 spiro atoms. The number of carbonyl (C=O) groups excluding carboxylic acids is 2. The fourth-order valence-electron chi connectivity index (χ4n) is 9.64. The molecule has 6 nitrogen and oxygen atoms in total. The number of aliphatic hydroxyl groups excluding tert-OH is 2. The van der Waals surface area contributed by atoms with E-state index in [1.807, 2.05) is 0 Å². The van der Waals surface area contributed by atoms with Crippen LogP contribution in [0, 0.1) is 0 Å². The number of carbonyl (C=O) groups is 2. The normalized spacial score (nSPS) is 12.6. The van der Waals surface area contributed by atoms with Gasteiger partial charge in [0.2, 0.25) is 5.91 Å². The van der Waals surface area contributed by atoms with Crippen LogP contribution in [0.5, 0.6) is 0 Å². The van der Waals surface area contributed by atoms with Crippen molar-refractivity contribution in [1.82, 2.24) is 5.32 Å². The van der Waals surface area contributed by atoms with Crippen LogP contribution in [-0.2, 0) is 14.3 Å². The molecule has 0 rings (SSSR count). The van der Waals surface area contributed by atoms with Gasteiger partial charge in [0.1, 0.15) is 0 Å². The van der Waals surface area contributed by atoms with Crippen molar-refractivity contribution in [3.05, 3.63) is 12.2 Å². The monoisotopic (exact) mass is 946 g/mol. The zero-order chi connectivity index (χ0) is 48.6. The number of unbranched alkanes of at least 4 members (excludes halogenated alkanes) is 44. The largest absolute Gasteiger partial charge is 0.466 e. The second-order valence-corrected chi connectivity index (χ2v) is 21.0. The Labute approximate surface area is 419 Å². The minimum Gasteiger partial charge on any atom is -0.466 e. The van der Waals surface area contributed by atoms with Gasteiger partial charge in [-0.15, -0.1) is 0 Å². The molecular weight excluding hydrogens is 827 g/mol. The van der Waals surface area contributed by atoms with Crippen molar-refractivity contribution in [3.8, 4) is 0 Å². The van der Waals surface area contributed by atoms with Crippen molar-refractivity contribution in [2.45, 2.75) is 353 Å². The van der Waals surface area contributed by atoms with Gasteiger partial charge in [0.15, 0.2) is 0 Å². The van der Waals surface area contributed by atoms with Gasteiger partial charge < -0.3 is 20.3 Å². The highest BCUT2D eigenvalue weighted by atomic mass is 16.5. The Bertz CT molecular complexity index is 1000. The van der Waals surface area contributed by atoms with Crippen LogP contribution in [0.3, 0.4) is 0 Å². The molecule has 0 aromatic carbocycles. The van der Waals surface area contributed by atoms with Crippen molar-refractivity contribution in [2.24, 2.45) is 0 Å². The molecule has 0 saturated heterocycles. The third-order valence-electron chi connectivity index (χ3n) is 14.3. The maximum absolute atomic E-state index is 12.5. The zero-order valence-electron chi connectivity index (χ0n) is 45.4. The average molecular weight is 947 g/mol. The summed E-state index contributed by atoms with van der Waals surface area (Å²) in [7, 11) is 0. The van der Waals surface area contributed by atoms with E-state index in [1.54, 1.807) is 0 Å². The van der Waals surface area contributed by atoms with E-state index in [0.29, 0.717) is 25.9 Å². The van der Waals surface area contributed by atoms with E-state index in [-0.39, 0.29) is 18.5 Å². The number of allylic oxidation sites excluding steroid dienone is 2. The van der Waals surface area contributed by atoms with Crippen molar-refractivity contribution in [2.75, 3.05) is 13.2 Å². The first kappa shape index (κ1) is 65.6. The Balaban J connectivity index is 3.39. The number of hydrogen-bond acceptors (Lipinski definition) is 5. The SMILES string of the molecule is CCCCCCCCC/C=C\CCCCCCCC(=O)OCCCCCCCCCCCCCCCCCCCCCC(=O)NC(CO)C(O)CCCCCCCCCCCCCCCCC. The molecule has 2 unspecified atom stereocenters. The molecule has 0 aromatic rings. The van der Waals surface area contributed by atoms with E-state index >= 15 is 0 Å². The number of ether oxygens (including phenoxy) is 1. The average Bonchev–Trinajstić information content (AvgIpc) is 3.33. The molecule has 0 fully saturated rings. The van der Waals surface area contributed by atoms with Gasteiger partial charge in [-0.2, -0.15) is 0 Å². The summed E-state index contributed by atoms with van der Waals surface area (Å²) in [5.74, 6) is -0.0332. The van der Waals surface area contributed by atoms with Crippen LogP contribution in [0.1, 0.15) is 341 Å². The first-order valence-electron chi connectivity index (χ1n) is 30.4. The minimum atomic E-state index is -0.665. The van der Waals surface area contributed by atoms with Gasteiger partial charge in [-0.25, -0.2) is 0 Å². The van der Waals surface area contributed by atoms with E-state index in [9.17, 15) is 19.8 Å². The molecule has 0 heterocycles. The summed E-state index contributed by atoms with van der Waals surface area (Å²) in [5, 5.41) is 23.3. The van der Waals surface area contributed by atoms with Crippen LogP contribution >= 0.6 is 0 Å². The van der Waals surface area contributed by atoms with Crippen LogP contribution in [0.2, 0.25) is 0 Å². The molecule has 2 atom stereocenters. The van der Waals surface area contributed by atoms with Crippen LogP contribution in [0.15, 0.2) is 12.2 Å². The third kappa shape index (κ3) is 53.8. The molecule has 6 heteroatoms. The molecule has 0 saturated carbocycles. The summed E-state index contributed by atoms with van der Waals surface area (Å²) in [4.78, 5) is 24.5. The Morgan fingerprint density at radius 3 is 1.06 bits per heavy atom. The maximum Gasteiger partial charge on any atom is 0.305 e. The van der Waals surface area contributed by atoms with Crippen LogP contribution in [-0.4, -0.2) is 47.4 Å². The van der Waals surface area contributed by atoms with Gasteiger partial charge in [-0.1, -0.05) is 289 Å². The van der Waals surface area contributed by atoms with Crippen LogP contribution in [0.25, 0.3) is 0 Å². The number of amides is 1. The van der Waals surface area contributed by atoms with Gasteiger partial charge in [0.05, 0.1) is 25.4 Å². The molecule has 0 aromatic heterocycles. The first-order chi connectivity index (χ1) is 33.0. The Morgan fingerprint density at radius 2 is 0.701 bits per heavy atom. The van der Waals surface area contributed by atoms with Crippen molar-refractivity contribution in [3.63, 3.8) is 0 Å². The lowest BCUT2D eigenvalue weighted by molar-refractivity contribution is -0.143. The highest BCUT2D eigenvalue weighted by molar-refractivity contribution is 5.76. The van der Waals surface area contributed by atoms with E-state index in [4.69, 9.17) is 4.74 Å². The van der Waals surface area contributed by atoms with E-state index in [1.165, 1.54) is 263 Å². The number of aliphatic hydroxyl groups is 2. The fourth-order valence-corrected chi connectivity index (χ4v) is 9.64. The minimum absolute atomic E-state index is 0.00243. The van der Waals surface area contributed by atoms with E-state index < -0.39 is 12.1 Å². The van der Waals surface area contributed by atoms with Gasteiger partial charge in [0, 0.05) is 12.8 Å². The van der Waals surface area contributed by atoms with Gasteiger partial charge in [-0.05, 0) is 51.4 Å². The summed E-state index contributed by atoms with van der Waals surface area (Å²) in [5.41, 5.74) is 0. The molecule has 67 heavy (non-hydrogen) atoms. The third-order valence-corrected chi connectivity index (χ3v) is 14.3. The molecule has 3 N–H and O–H groups in total. The zero-order valence-corrected chi connectivity index (χ0v) is 45.4. The highest BCUT2D eigenvalue weighted by Gasteiger charge is 2.20.